The van der Waals surface area contributed by atoms with E-state index in [-0.39, 0.29) is 22.5 Å². The number of aromatic nitrogens is 1. The van der Waals surface area contributed by atoms with Crippen molar-refractivity contribution in [3.05, 3.63) is 27.9 Å². The zero-order chi connectivity index (χ0) is 14.6. The average molecular weight is 275 g/mol. The number of anilines is 1. The van der Waals surface area contributed by atoms with Gasteiger partial charge in [0.15, 0.2) is 0 Å². The minimum Gasteiger partial charge on any atom is -0.364 e. The quantitative estimate of drug-likeness (QED) is 0.639. The van der Waals surface area contributed by atoms with Gasteiger partial charge in [0.25, 0.3) is 0 Å². The van der Waals surface area contributed by atoms with Gasteiger partial charge in [-0.25, -0.2) is 4.98 Å². The third kappa shape index (κ3) is 3.03. The van der Waals surface area contributed by atoms with Crippen LogP contribution >= 0.6 is 0 Å². The Hall–Kier alpha value is -2.20. The van der Waals surface area contributed by atoms with Gasteiger partial charge in [-0.05, 0) is 37.4 Å². The molecule has 0 radical (unpaired) electrons. The maximum Gasteiger partial charge on any atom is 0.328 e. The maximum atomic E-state index is 11.1. The maximum absolute atomic E-state index is 11.1. The lowest BCUT2D eigenvalue weighted by Crippen LogP contribution is -2.39. The van der Waals surface area contributed by atoms with E-state index in [0.717, 1.165) is 25.9 Å². The fourth-order valence-electron chi connectivity index (χ4n) is 2.36. The lowest BCUT2D eigenvalue weighted by molar-refractivity contribution is -0.384. The summed E-state index contributed by atoms with van der Waals surface area (Å²) in [6.45, 7) is 4.66. The topological polar surface area (TPSA) is 104 Å². The Morgan fingerprint density at radius 1 is 1.60 bits per heavy atom. The van der Waals surface area contributed by atoms with Crippen LogP contribution in [-0.4, -0.2) is 29.5 Å². The SMILES string of the molecule is CC1(CNc2nccc(C#N)c2[N+](=O)[O-])CCNCC1. The van der Waals surface area contributed by atoms with Crippen molar-refractivity contribution in [1.29, 1.82) is 5.26 Å². The van der Waals surface area contributed by atoms with Crippen molar-refractivity contribution in [1.82, 2.24) is 10.3 Å². The number of rotatable bonds is 4. The van der Waals surface area contributed by atoms with Gasteiger partial charge in [0.05, 0.1) is 4.92 Å². The number of pyridine rings is 1. The number of piperidine rings is 1. The monoisotopic (exact) mass is 275 g/mol. The van der Waals surface area contributed by atoms with E-state index in [1.807, 2.05) is 6.07 Å². The van der Waals surface area contributed by atoms with Crippen LogP contribution in [0.25, 0.3) is 0 Å². The molecule has 2 rings (SSSR count). The molecule has 0 aliphatic carbocycles. The van der Waals surface area contributed by atoms with Gasteiger partial charge in [0.2, 0.25) is 5.82 Å². The number of nitriles is 1. The Labute approximate surface area is 117 Å². The van der Waals surface area contributed by atoms with Gasteiger partial charge in [-0.1, -0.05) is 6.92 Å². The van der Waals surface area contributed by atoms with E-state index in [1.165, 1.54) is 12.3 Å². The second-order valence-corrected chi connectivity index (χ2v) is 5.34. The lowest BCUT2D eigenvalue weighted by atomic mass is 9.81. The van der Waals surface area contributed by atoms with Crippen molar-refractivity contribution in [3.63, 3.8) is 0 Å². The molecule has 0 bridgehead atoms. The summed E-state index contributed by atoms with van der Waals surface area (Å²) in [6.07, 6.45) is 3.43. The minimum absolute atomic E-state index is 0.0305. The van der Waals surface area contributed by atoms with Gasteiger partial charge in [0, 0.05) is 12.7 Å². The highest BCUT2D eigenvalue weighted by Gasteiger charge is 2.28. The molecule has 7 nitrogen and oxygen atoms in total. The van der Waals surface area contributed by atoms with Gasteiger partial charge >= 0.3 is 5.69 Å². The molecule has 106 valence electrons. The molecule has 2 N–H and O–H groups in total. The van der Waals surface area contributed by atoms with E-state index in [0.29, 0.717) is 6.54 Å². The molecule has 0 spiro atoms. The van der Waals surface area contributed by atoms with Crippen molar-refractivity contribution in [3.8, 4) is 6.07 Å². The first kappa shape index (κ1) is 14.2. The molecule has 0 saturated carbocycles. The van der Waals surface area contributed by atoms with Crippen LogP contribution < -0.4 is 10.6 Å². The molecule has 1 aromatic rings. The zero-order valence-electron chi connectivity index (χ0n) is 11.3. The number of hydrogen-bond donors (Lipinski definition) is 2. The van der Waals surface area contributed by atoms with E-state index >= 15 is 0 Å². The first-order valence-electron chi connectivity index (χ1n) is 6.54. The molecule has 1 fully saturated rings. The van der Waals surface area contributed by atoms with Crippen LogP contribution in [0.3, 0.4) is 0 Å². The number of nitro groups is 1. The minimum atomic E-state index is -0.557. The van der Waals surface area contributed by atoms with Crippen molar-refractivity contribution in [2.45, 2.75) is 19.8 Å². The highest BCUT2D eigenvalue weighted by atomic mass is 16.6. The third-order valence-electron chi connectivity index (χ3n) is 3.72. The molecule has 20 heavy (non-hydrogen) atoms. The van der Waals surface area contributed by atoms with Gasteiger partial charge in [0.1, 0.15) is 11.6 Å². The van der Waals surface area contributed by atoms with Crippen molar-refractivity contribution >= 4 is 11.5 Å². The predicted octanol–water partition coefficient (Wildman–Crippen LogP) is 1.66. The standard InChI is InChI=1S/C13H17N5O2/c1-13(3-6-15-7-4-13)9-17-12-11(18(19)20)10(8-14)2-5-16-12/h2,5,15H,3-4,6-7,9H2,1H3,(H,16,17). The largest absolute Gasteiger partial charge is 0.364 e. The third-order valence-corrected chi connectivity index (χ3v) is 3.72. The molecular weight excluding hydrogens is 258 g/mol. The average Bonchev–Trinajstić information content (AvgIpc) is 2.45. The molecule has 1 aromatic heterocycles. The molecule has 0 unspecified atom stereocenters. The molecule has 1 saturated heterocycles. The summed E-state index contributed by atoms with van der Waals surface area (Å²) < 4.78 is 0. The Bertz CT molecular complexity index is 546. The molecule has 1 aliphatic heterocycles. The van der Waals surface area contributed by atoms with Crippen LogP contribution in [0.2, 0.25) is 0 Å². The second-order valence-electron chi connectivity index (χ2n) is 5.34. The Balaban J connectivity index is 2.17. The highest BCUT2D eigenvalue weighted by molar-refractivity contribution is 5.64. The Kier molecular flexibility index (Phi) is 4.15. The van der Waals surface area contributed by atoms with Crippen LogP contribution in [0.5, 0.6) is 0 Å². The number of nitrogens with one attached hydrogen (secondary N) is 2. The van der Waals surface area contributed by atoms with E-state index in [1.54, 1.807) is 0 Å². The van der Waals surface area contributed by atoms with Crippen molar-refractivity contribution in [2.24, 2.45) is 5.41 Å². The van der Waals surface area contributed by atoms with E-state index in [2.05, 4.69) is 22.5 Å². The summed E-state index contributed by atoms with van der Waals surface area (Å²) in [7, 11) is 0. The van der Waals surface area contributed by atoms with Gasteiger partial charge in [-0.3, -0.25) is 10.1 Å². The van der Waals surface area contributed by atoms with Crippen molar-refractivity contribution < 1.29 is 4.92 Å². The van der Waals surface area contributed by atoms with Crippen LogP contribution in [0.15, 0.2) is 12.3 Å². The van der Waals surface area contributed by atoms with Crippen molar-refractivity contribution in [2.75, 3.05) is 25.0 Å². The summed E-state index contributed by atoms with van der Waals surface area (Å²) in [5.74, 6) is 0.175. The highest BCUT2D eigenvalue weighted by Crippen LogP contribution is 2.31. The molecular formula is C13H17N5O2. The summed E-state index contributed by atoms with van der Waals surface area (Å²) in [5, 5.41) is 26.4. The zero-order valence-corrected chi connectivity index (χ0v) is 11.3. The molecule has 2 heterocycles. The van der Waals surface area contributed by atoms with Gasteiger partial charge < -0.3 is 10.6 Å². The Morgan fingerprint density at radius 3 is 2.90 bits per heavy atom. The van der Waals surface area contributed by atoms with E-state index in [9.17, 15) is 10.1 Å². The van der Waals surface area contributed by atoms with Crippen LogP contribution in [-0.2, 0) is 0 Å². The smallest absolute Gasteiger partial charge is 0.328 e. The normalized spacial score (nSPS) is 17.2. The number of hydrogen-bond acceptors (Lipinski definition) is 6. The Morgan fingerprint density at radius 2 is 2.30 bits per heavy atom. The van der Waals surface area contributed by atoms with E-state index < -0.39 is 4.92 Å². The molecule has 0 amide bonds. The summed E-state index contributed by atoms with van der Waals surface area (Å²) in [6, 6.07) is 3.19. The number of nitrogens with zero attached hydrogens (tertiary/aromatic N) is 3. The molecule has 1 aliphatic rings. The fraction of sp³-hybridized carbons (Fsp3) is 0.538. The predicted molar refractivity (Wildman–Crippen MR) is 74.3 cm³/mol. The van der Waals surface area contributed by atoms with Crippen LogP contribution in [0.1, 0.15) is 25.3 Å². The fourth-order valence-corrected chi connectivity index (χ4v) is 2.36. The summed E-state index contributed by atoms with van der Waals surface area (Å²) in [4.78, 5) is 14.5. The van der Waals surface area contributed by atoms with Gasteiger partial charge in [-0.15, -0.1) is 0 Å². The first-order chi connectivity index (χ1) is 9.56. The first-order valence-corrected chi connectivity index (χ1v) is 6.54. The van der Waals surface area contributed by atoms with Crippen LogP contribution in [0.4, 0.5) is 11.5 Å². The van der Waals surface area contributed by atoms with Crippen LogP contribution in [0, 0.1) is 26.9 Å². The summed E-state index contributed by atoms with van der Waals surface area (Å²) in [5.41, 5.74) is -0.126. The van der Waals surface area contributed by atoms with Gasteiger partial charge in [-0.2, -0.15) is 5.26 Å². The lowest BCUT2D eigenvalue weighted by Gasteiger charge is -2.34. The second kappa shape index (κ2) is 5.84. The van der Waals surface area contributed by atoms with E-state index in [4.69, 9.17) is 5.26 Å². The summed E-state index contributed by atoms with van der Waals surface area (Å²) >= 11 is 0. The molecule has 7 heteroatoms. The molecule has 0 atom stereocenters. The molecule has 0 aromatic carbocycles.